The SMILES string of the molecule is CC(=O)O.CC1=C(Br)c2scnc2C1.CC1=Cc2scnc2C1.[B]=NS. The number of aliphatic carboxylic acids is 1. The van der Waals surface area contributed by atoms with Crippen LogP contribution in [0.4, 0.5) is 0 Å². The van der Waals surface area contributed by atoms with Crippen LogP contribution in [0.2, 0.25) is 0 Å². The van der Waals surface area contributed by atoms with Gasteiger partial charge in [0.2, 0.25) is 0 Å². The first-order valence-corrected chi connectivity index (χ1v) is 10.4. The van der Waals surface area contributed by atoms with Crippen LogP contribution in [0.1, 0.15) is 41.9 Å². The van der Waals surface area contributed by atoms with Crippen molar-refractivity contribution in [2.24, 2.45) is 4.30 Å². The molecular formula is C16H18BBrN3O2S3. The number of carboxylic acids is 1. The number of hydrogen-bond donors (Lipinski definition) is 2. The Hall–Kier alpha value is -1.10. The second-order valence-electron chi connectivity index (χ2n) is 5.36. The van der Waals surface area contributed by atoms with Crippen LogP contribution in [0.3, 0.4) is 0 Å². The van der Waals surface area contributed by atoms with Gasteiger partial charge in [-0.1, -0.05) is 11.1 Å². The Morgan fingerprint density at radius 2 is 1.81 bits per heavy atom. The fourth-order valence-electron chi connectivity index (χ4n) is 2.16. The van der Waals surface area contributed by atoms with Crippen molar-refractivity contribution in [2.75, 3.05) is 0 Å². The fourth-order valence-corrected chi connectivity index (χ4v) is 4.46. The summed E-state index contributed by atoms with van der Waals surface area (Å²) in [6.45, 7) is 5.37. The normalized spacial score (nSPS) is 13.0. The number of nitrogens with zero attached hydrogens (tertiary/aromatic N) is 3. The molecule has 0 unspecified atom stereocenters. The molecule has 4 rings (SSSR count). The molecular weight excluding hydrogens is 453 g/mol. The molecule has 0 saturated heterocycles. The summed E-state index contributed by atoms with van der Waals surface area (Å²) in [5.41, 5.74) is 9.14. The topological polar surface area (TPSA) is 75.4 Å². The molecule has 2 aromatic heterocycles. The third kappa shape index (κ3) is 7.26. The molecule has 0 bridgehead atoms. The van der Waals surface area contributed by atoms with E-state index >= 15 is 0 Å². The zero-order valence-corrected chi connectivity index (χ0v) is 18.7. The Kier molecular flexibility index (Phi) is 10.2. The monoisotopic (exact) mass is 470 g/mol. The second-order valence-corrected chi connectivity index (χ2v) is 8.13. The van der Waals surface area contributed by atoms with Crippen molar-refractivity contribution < 1.29 is 9.90 Å². The summed E-state index contributed by atoms with van der Waals surface area (Å²) in [5, 5.41) is 7.42. The standard InChI is InChI=1S/C7H6BrNS.C7H7NS.C2H4O2.BHNS/c1-4-2-5-7(6(4)8)10-3-9-5;1-5-2-6-7(3-5)9-4-8-6;1-2(3)4;1-2-3/h3H,2H2,1H3;3-4H,2H2,1H3;1H3,(H,3,4);3H. The molecule has 1 N–H and O–H groups in total. The van der Waals surface area contributed by atoms with Crippen LogP contribution in [0.15, 0.2) is 26.5 Å². The Balaban J connectivity index is 0.000000195. The number of carbonyl (C=O) groups is 1. The number of rotatable bonds is 0. The summed E-state index contributed by atoms with van der Waals surface area (Å²) in [6.07, 6.45) is 4.31. The van der Waals surface area contributed by atoms with Crippen molar-refractivity contribution in [1.82, 2.24) is 9.97 Å². The average molecular weight is 471 g/mol. The van der Waals surface area contributed by atoms with Crippen LogP contribution >= 0.6 is 51.4 Å². The molecule has 137 valence electrons. The quantitative estimate of drug-likeness (QED) is 0.409. The van der Waals surface area contributed by atoms with Gasteiger partial charge < -0.3 is 5.11 Å². The van der Waals surface area contributed by atoms with E-state index in [1.807, 2.05) is 11.0 Å². The van der Waals surface area contributed by atoms with Gasteiger partial charge in [-0.15, -0.1) is 22.7 Å². The van der Waals surface area contributed by atoms with Crippen molar-refractivity contribution in [1.29, 1.82) is 0 Å². The van der Waals surface area contributed by atoms with Crippen LogP contribution in [-0.2, 0) is 17.6 Å². The zero-order valence-electron chi connectivity index (χ0n) is 14.6. The van der Waals surface area contributed by atoms with Gasteiger partial charge in [-0.25, -0.2) is 9.97 Å². The number of fused-ring (bicyclic) bond motifs is 2. The average Bonchev–Trinajstić information content (AvgIpc) is 3.26. The molecule has 0 saturated carbocycles. The van der Waals surface area contributed by atoms with Gasteiger partial charge in [-0.2, -0.15) is 0 Å². The van der Waals surface area contributed by atoms with Gasteiger partial charge in [0.05, 0.1) is 32.2 Å². The van der Waals surface area contributed by atoms with Gasteiger partial charge in [0, 0.05) is 24.2 Å². The fraction of sp³-hybridized carbons (Fsp3) is 0.312. The van der Waals surface area contributed by atoms with Crippen molar-refractivity contribution in [2.45, 2.75) is 33.6 Å². The molecule has 0 amide bonds. The van der Waals surface area contributed by atoms with E-state index in [1.165, 1.54) is 36.8 Å². The van der Waals surface area contributed by atoms with E-state index in [9.17, 15) is 0 Å². The van der Waals surface area contributed by atoms with E-state index in [1.54, 1.807) is 22.7 Å². The molecule has 26 heavy (non-hydrogen) atoms. The van der Waals surface area contributed by atoms with Crippen LogP contribution in [0.25, 0.3) is 10.6 Å². The third-order valence-corrected chi connectivity index (χ3v) is 6.18. The summed E-state index contributed by atoms with van der Waals surface area (Å²) in [6, 6.07) is 0. The predicted molar refractivity (Wildman–Crippen MR) is 117 cm³/mol. The Morgan fingerprint density at radius 1 is 1.27 bits per heavy atom. The molecule has 2 aliphatic carbocycles. The molecule has 0 aromatic carbocycles. The molecule has 2 heterocycles. The minimum atomic E-state index is -0.833. The van der Waals surface area contributed by atoms with Crippen molar-refractivity contribution in [3.05, 3.63) is 43.3 Å². The van der Waals surface area contributed by atoms with Crippen LogP contribution in [0.5, 0.6) is 0 Å². The number of allylic oxidation sites excluding steroid dienone is 2. The maximum absolute atomic E-state index is 9.00. The summed E-state index contributed by atoms with van der Waals surface area (Å²) in [7, 11) is 4.34. The molecule has 0 atom stereocenters. The van der Waals surface area contributed by atoms with E-state index in [0.29, 0.717) is 0 Å². The maximum atomic E-state index is 9.00. The van der Waals surface area contributed by atoms with Gasteiger partial charge in [-0.3, -0.25) is 4.79 Å². The minimum absolute atomic E-state index is 0.833. The first-order chi connectivity index (χ1) is 12.3. The van der Waals surface area contributed by atoms with Crippen LogP contribution < -0.4 is 0 Å². The van der Waals surface area contributed by atoms with Gasteiger partial charge in [0.25, 0.3) is 5.97 Å². The molecule has 10 heteroatoms. The van der Waals surface area contributed by atoms with Gasteiger partial charge >= 0.3 is 24.8 Å². The first kappa shape index (κ1) is 22.9. The third-order valence-electron chi connectivity index (χ3n) is 3.14. The van der Waals surface area contributed by atoms with E-state index in [-0.39, 0.29) is 0 Å². The summed E-state index contributed by atoms with van der Waals surface area (Å²) >= 11 is 10.2. The Bertz CT molecular complexity index is 826. The molecule has 1 radical (unpaired) electrons. The Labute approximate surface area is 176 Å². The summed E-state index contributed by atoms with van der Waals surface area (Å²) < 4.78 is 3.95. The molecule has 0 aliphatic heterocycles. The molecule has 0 spiro atoms. The Morgan fingerprint density at radius 3 is 2.35 bits per heavy atom. The number of aromatic nitrogens is 2. The van der Waals surface area contributed by atoms with E-state index < -0.39 is 5.97 Å². The predicted octanol–water partition coefficient (Wildman–Crippen LogP) is 5.20. The van der Waals surface area contributed by atoms with Crippen LogP contribution in [0, 0.1) is 0 Å². The summed E-state index contributed by atoms with van der Waals surface area (Å²) in [5.74, 6) is -0.833. The molecule has 5 nitrogen and oxygen atoms in total. The van der Waals surface area contributed by atoms with Gasteiger partial charge in [-0.05, 0) is 35.9 Å². The number of hydrogen-bond acceptors (Lipinski definition) is 7. The van der Waals surface area contributed by atoms with Gasteiger partial charge in [0.15, 0.2) is 0 Å². The van der Waals surface area contributed by atoms with Crippen molar-refractivity contribution in [3.8, 4) is 0 Å². The number of thiazole rings is 2. The van der Waals surface area contributed by atoms with E-state index in [4.69, 9.17) is 9.90 Å². The number of thiol groups is 1. The number of halogens is 1. The molecule has 2 aliphatic rings. The van der Waals surface area contributed by atoms with Crippen molar-refractivity contribution >= 4 is 75.6 Å². The second kappa shape index (κ2) is 11.6. The molecule has 0 fully saturated rings. The summed E-state index contributed by atoms with van der Waals surface area (Å²) in [4.78, 5) is 20.1. The zero-order chi connectivity index (χ0) is 19.7. The molecule has 2 aromatic rings. The van der Waals surface area contributed by atoms with Crippen LogP contribution in [-0.4, -0.2) is 28.7 Å². The van der Waals surface area contributed by atoms with E-state index in [0.717, 1.165) is 19.8 Å². The number of carboxylic acid groups (broad SMARTS) is 1. The van der Waals surface area contributed by atoms with Gasteiger partial charge in [0.1, 0.15) is 0 Å². The first-order valence-electron chi connectivity index (χ1n) is 7.41. The van der Waals surface area contributed by atoms with E-state index in [2.05, 4.69) is 70.6 Å². The van der Waals surface area contributed by atoms with Crippen molar-refractivity contribution in [3.63, 3.8) is 0 Å².